The fourth-order valence-corrected chi connectivity index (χ4v) is 1.19. The van der Waals surface area contributed by atoms with Crippen molar-refractivity contribution in [1.29, 1.82) is 0 Å². The molecule has 0 spiro atoms. The van der Waals surface area contributed by atoms with Crippen molar-refractivity contribution >= 4 is 11.8 Å². The predicted octanol–water partition coefficient (Wildman–Crippen LogP) is 1.12. The highest BCUT2D eigenvalue weighted by Crippen LogP contribution is 1.99. The molecule has 0 saturated carbocycles. The molecule has 1 aromatic heterocycles. The molecular weight excluding hydrogens is 222 g/mol. The second-order valence-electron chi connectivity index (χ2n) is 3.37. The van der Waals surface area contributed by atoms with Crippen LogP contribution >= 0.6 is 0 Å². The van der Waals surface area contributed by atoms with E-state index in [1.165, 1.54) is 0 Å². The molecule has 0 aliphatic carbocycles. The van der Waals surface area contributed by atoms with Gasteiger partial charge in [-0.2, -0.15) is 0 Å². The zero-order valence-corrected chi connectivity index (χ0v) is 9.72. The minimum absolute atomic E-state index is 0.0896. The second-order valence-corrected chi connectivity index (χ2v) is 3.37. The number of hydrogen-bond acceptors (Lipinski definition) is 5. The van der Waals surface area contributed by atoms with Crippen molar-refractivity contribution in [1.82, 2.24) is 4.98 Å². The quantitative estimate of drug-likeness (QED) is 0.525. The number of aromatic nitrogens is 1. The van der Waals surface area contributed by atoms with Gasteiger partial charge in [-0.15, -0.1) is 0 Å². The van der Waals surface area contributed by atoms with E-state index in [9.17, 15) is 9.59 Å². The third-order valence-corrected chi connectivity index (χ3v) is 1.90. The summed E-state index contributed by atoms with van der Waals surface area (Å²) in [6.45, 7) is 2.19. The van der Waals surface area contributed by atoms with E-state index in [-0.39, 0.29) is 25.4 Å². The van der Waals surface area contributed by atoms with Crippen LogP contribution in [0.15, 0.2) is 24.5 Å². The zero-order valence-electron chi connectivity index (χ0n) is 9.72. The van der Waals surface area contributed by atoms with Crippen LogP contribution < -0.4 is 0 Å². The van der Waals surface area contributed by atoms with Crippen LogP contribution in [0.4, 0.5) is 0 Å². The first-order valence-electron chi connectivity index (χ1n) is 5.36. The molecule has 1 aromatic rings. The van der Waals surface area contributed by atoms with Gasteiger partial charge in [-0.3, -0.25) is 14.6 Å². The normalized spacial score (nSPS) is 9.94. The van der Waals surface area contributed by atoms with Crippen molar-refractivity contribution in [3.8, 4) is 0 Å². The molecular formula is C12H15NO4. The summed E-state index contributed by atoms with van der Waals surface area (Å²) in [6.07, 6.45) is 3.09. The first kappa shape index (κ1) is 13.3. The highest BCUT2D eigenvalue weighted by Gasteiger charge is 2.10. The maximum atomic E-state index is 11.3. The lowest BCUT2D eigenvalue weighted by Crippen LogP contribution is -2.15. The van der Waals surface area contributed by atoms with Gasteiger partial charge in [0.05, 0.1) is 13.2 Å². The number of hydrogen-bond donors (Lipinski definition) is 0. The first-order chi connectivity index (χ1) is 8.22. The number of rotatable bonds is 7. The molecule has 17 heavy (non-hydrogen) atoms. The fourth-order valence-electron chi connectivity index (χ4n) is 1.19. The Morgan fingerprint density at radius 3 is 2.88 bits per heavy atom. The number of Topliss-reactive ketones (excluding diaryl/α,β-unsaturated/α-hetero) is 1. The van der Waals surface area contributed by atoms with Crippen molar-refractivity contribution in [3.63, 3.8) is 0 Å². The highest BCUT2D eigenvalue weighted by molar-refractivity contribution is 5.96. The summed E-state index contributed by atoms with van der Waals surface area (Å²) in [5.74, 6) is -0.796. The van der Waals surface area contributed by atoms with Gasteiger partial charge in [-0.1, -0.05) is 6.07 Å². The molecule has 5 heteroatoms. The Bertz CT molecular complexity index is 364. The standard InChI is InChI=1S/C12H15NO4/c1-2-17-12(15)6-11(14)9-16-8-10-4-3-5-13-7-10/h3-5,7H,2,6,8-9H2,1H3. The summed E-state index contributed by atoms with van der Waals surface area (Å²) in [7, 11) is 0. The van der Waals surface area contributed by atoms with E-state index < -0.39 is 5.97 Å². The number of ether oxygens (including phenoxy) is 2. The minimum Gasteiger partial charge on any atom is -0.466 e. The third-order valence-electron chi connectivity index (χ3n) is 1.90. The summed E-state index contributed by atoms with van der Waals surface area (Å²) in [6, 6.07) is 3.64. The Morgan fingerprint density at radius 1 is 1.41 bits per heavy atom. The van der Waals surface area contributed by atoms with Crippen molar-refractivity contribution < 1.29 is 19.1 Å². The first-order valence-corrected chi connectivity index (χ1v) is 5.36. The Kier molecular flexibility index (Phi) is 5.88. The van der Waals surface area contributed by atoms with E-state index in [1.807, 2.05) is 6.07 Å². The molecule has 0 aromatic carbocycles. The topological polar surface area (TPSA) is 65.5 Å². The fraction of sp³-hybridized carbons (Fsp3) is 0.417. The maximum absolute atomic E-state index is 11.3. The molecule has 0 amide bonds. The lowest BCUT2D eigenvalue weighted by Gasteiger charge is -2.03. The van der Waals surface area contributed by atoms with Gasteiger partial charge in [0.15, 0.2) is 5.78 Å². The number of carbonyl (C=O) groups is 2. The van der Waals surface area contributed by atoms with Crippen LogP contribution in [0.25, 0.3) is 0 Å². The third kappa shape index (κ3) is 5.77. The number of carbonyl (C=O) groups excluding carboxylic acids is 2. The zero-order chi connectivity index (χ0) is 12.5. The Balaban J connectivity index is 2.18. The molecule has 0 radical (unpaired) electrons. The molecule has 5 nitrogen and oxygen atoms in total. The van der Waals surface area contributed by atoms with Gasteiger partial charge in [-0.05, 0) is 18.6 Å². The number of nitrogens with zero attached hydrogens (tertiary/aromatic N) is 1. The molecule has 0 aliphatic rings. The van der Waals surface area contributed by atoms with E-state index in [0.29, 0.717) is 6.61 Å². The van der Waals surface area contributed by atoms with Crippen molar-refractivity contribution in [2.75, 3.05) is 13.2 Å². The molecule has 1 rings (SSSR count). The van der Waals surface area contributed by atoms with Crippen LogP contribution in [-0.4, -0.2) is 30.0 Å². The summed E-state index contributed by atoms with van der Waals surface area (Å²) in [5, 5.41) is 0. The average molecular weight is 237 g/mol. The van der Waals surface area contributed by atoms with E-state index in [0.717, 1.165) is 5.56 Å². The Hall–Kier alpha value is -1.75. The smallest absolute Gasteiger partial charge is 0.313 e. The van der Waals surface area contributed by atoms with Crippen LogP contribution in [0, 0.1) is 0 Å². The van der Waals surface area contributed by atoms with Gasteiger partial charge in [0, 0.05) is 12.4 Å². The molecule has 0 aliphatic heterocycles. The molecule has 0 atom stereocenters. The maximum Gasteiger partial charge on any atom is 0.313 e. The van der Waals surface area contributed by atoms with Crippen LogP contribution in [0.2, 0.25) is 0 Å². The second kappa shape index (κ2) is 7.51. The SMILES string of the molecule is CCOC(=O)CC(=O)COCc1cccnc1. The minimum atomic E-state index is -0.512. The number of ketones is 1. The van der Waals surface area contributed by atoms with Crippen molar-refractivity contribution in [2.24, 2.45) is 0 Å². The van der Waals surface area contributed by atoms with Crippen LogP contribution in [0.5, 0.6) is 0 Å². The van der Waals surface area contributed by atoms with Crippen molar-refractivity contribution in [2.45, 2.75) is 20.0 Å². The van der Waals surface area contributed by atoms with Crippen LogP contribution in [-0.2, 0) is 25.7 Å². The van der Waals surface area contributed by atoms with Gasteiger partial charge < -0.3 is 9.47 Å². The van der Waals surface area contributed by atoms with E-state index >= 15 is 0 Å². The molecule has 0 fully saturated rings. The Morgan fingerprint density at radius 2 is 2.24 bits per heavy atom. The van der Waals surface area contributed by atoms with Gasteiger partial charge in [-0.25, -0.2) is 0 Å². The average Bonchev–Trinajstić information content (AvgIpc) is 2.30. The van der Waals surface area contributed by atoms with Crippen molar-refractivity contribution in [3.05, 3.63) is 30.1 Å². The largest absolute Gasteiger partial charge is 0.466 e. The molecule has 0 saturated heterocycles. The lowest BCUT2D eigenvalue weighted by molar-refractivity contribution is -0.146. The van der Waals surface area contributed by atoms with E-state index in [4.69, 9.17) is 4.74 Å². The van der Waals surface area contributed by atoms with Crippen LogP contribution in [0.3, 0.4) is 0 Å². The predicted molar refractivity (Wildman–Crippen MR) is 60.2 cm³/mol. The molecule has 0 N–H and O–H groups in total. The van der Waals surface area contributed by atoms with Gasteiger partial charge >= 0.3 is 5.97 Å². The molecule has 1 heterocycles. The van der Waals surface area contributed by atoms with Gasteiger partial charge in [0.25, 0.3) is 0 Å². The summed E-state index contributed by atoms with van der Waals surface area (Å²) >= 11 is 0. The Labute approximate surface area is 99.8 Å². The molecule has 0 unspecified atom stereocenters. The highest BCUT2D eigenvalue weighted by atomic mass is 16.5. The lowest BCUT2D eigenvalue weighted by atomic mass is 10.3. The summed E-state index contributed by atoms with van der Waals surface area (Å²) < 4.78 is 9.82. The molecule has 92 valence electrons. The summed E-state index contributed by atoms with van der Waals surface area (Å²) in [4.78, 5) is 26.2. The summed E-state index contributed by atoms with van der Waals surface area (Å²) in [5.41, 5.74) is 0.886. The van der Waals surface area contributed by atoms with Crippen LogP contribution in [0.1, 0.15) is 18.9 Å². The van der Waals surface area contributed by atoms with E-state index in [1.54, 1.807) is 25.4 Å². The number of esters is 1. The van der Waals surface area contributed by atoms with E-state index in [2.05, 4.69) is 9.72 Å². The van der Waals surface area contributed by atoms with Gasteiger partial charge in [0.2, 0.25) is 0 Å². The molecule has 0 bridgehead atoms. The van der Waals surface area contributed by atoms with Gasteiger partial charge in [0.1, 0.15) is 13.0 Å². The number of pyridine rings is 1. The monoisotopic (exact) mass is 237 g/mol.